The lowest BCUT2D eigenvalue weighted by atomic mass is 9.95. The van der Waals surface area contributed by atoms with E-state index in [0.29, 0.717) is 19.4 Å². The maximum Gasteiger partial charge on any atom is 0.405 e. The van der Waals surface area contributed by atoms with Crippen LogP contribution in [0.4, 0.5) is 13.2 Å². The molecule has 7 heteroatoms. The van der Waals surface area contributed by atoms with Crippen LogP contribution >= 0.6 is 0 Å². The number of likely N-dealkylation sites (tertiary alicyclic amines) is 1. The van der Waals surface area contributed by atoms with Gasteiger partial charge in [-0.1, -0.05) is 0 Å². The van der Waals surface area contributed by atoms with E-state index in [0.717, 1.165) is 0 Å². The highest BCUT2D eigenvalue weighted by molar-refractivity contribution is 5.78. The van der Waals surface area contributed by atoms with Crippen molar-refractivity contribution in [2.24, 2.45) is 11.7 Å². The zero-order chi connectivity index (χ0) is 13.1. The molecule has 0 bridgehead atoms. The summed E-state index contributed by atoms with van der Waals surface area (Å²) in [6.07, 6.45) is -3.12. The molecular weight excluding hydrogens is 235 g/mol. The number of rotatable bonds is 3. The van der Waals surface area contributed by atoms with E-state index in [1.165, 1.54) is 11.9 Å². The minimum atomic E-state index is -4.33. The van der Waals surface area contributed by atoms with Crippen LogP contribution in [0.25, 0.3) is 0 Å². The lowest BCUT2D eigenvalue weighted by Gasteiger charge is -2.37. The first-order valence-electron chi connectivity index (χ1n) is 5.62. The first-order chi connectivity index (χ1) is 7.90. The molecule has 0 aromatic heterocycles. The molecule has 0 saturated carbocycles. The van der Waals surface area contributed by atoms with Gasteiger partial charge in [-0.15, -0.1) is 0 Å². The summed E-state index contributed by atoms with van der Waals surface area (Å²) < 4.78 is 38.1. The van der Waals surface area contributed by atoms with Gasteiger partial charge in [0.1, 0.15) is 6.04 Å². The SMILES string of the molecule is CNC(=O)C1CCCN(C(CN)C(F)(F)F)C1. The van der Waals surface area contributed by atoms with Gasteiger partial charge >= 0.3 is 6.18 Å². The standard InChI is InChI=1S/C10H18F3N3O/c1-15-9(17)7-3-2-4-16(6-7)8(5-14)10(11,12)13/h7-8H,2-6,14H2,1H3,(H,15,17). The summed E-state index contributed by atoms with van der Waals surface area (Å²) in [5, 5.41) is 2.47. The maximum atomic E-state index is 12.7. The Morgan fingerprint density at radius 1 is 1.59 bits per heavy atom. The Hall–Kier alpha value is -0.820. The Kier molecular flexibility index (Phi) is 4.76. The molecule has 1 amide bonds. The van der Waals surface area contributed by atoms with Crippen molar-refractivity contribution in [3.8, 4) is 0 Å². The van der Waals surface area contributed by atoms with E-state index in [-0.39, 0.29) is 18.4 Å². The van der Waals surface area contributed by atoms with E-state index in [1.54, 1.807) is 0 Å². The molecule has 1 heterocycles. The van der Waals surface area contributed by atoms with Gasteiger partial charge in [-0.2, -0.15) is 13.2 Å². The Morgan fingerprint density at radius 3 is 2.71 bits per heavy atom. The summed E-state index contributed by atoms with van der Waals surface area (Å²) in [7, 11) is 1.49. The van der Waals surface area contributed by atoms with Crippen molar-refractivity contribution >= 4 is 5.91 Å². The highest BCUT2D eigenvalue weighted by Crippen LogP contribution is 2.28. The van der Waals surface area contributed by atoms with Crippen LogP contribution in [0.1, 0.15) is 12.8 Å². The molecule has 0 aromatic carbocycles. The fourth-order valence-corrected chi connectivity index (χ4v) is 2.20. The van der Waals surface area contributed by atoms with Crippen LogP contribution in [0.5, 0.6) is 0 Å². The van der Waals surface area contributed by atoms with Crippen LogP contribution in [0.15, 0.2) is 0 Å². The maximum absolute atomic E-state index is 12.7. The zero-order valence-corrected chi connectivity index (χ0v) is 9.76. The van der Waals surface area contributed by atoms with Crippen LogP contribution in [-0.4, -0.2) is 49.7 Å². The molecule has 0 aromatic rings. The fourth-order valence-electron chi connectivity index (χ4n) is 2.20. The van der Waals surface area contributed by atoms with Gasteiger partial charge in [-0.25, -0.2) is 0 Å². The molecule has 2 atom stereocenters. The number of carbonyl (C=O) groups is 1. The zero-order valence-electron chi connectivity index (χ0n) is 9.76. The van der Waals surface area contributed by atoms with E-state index in [9.17, 15) is 18.0 Å². The highest BCUT2D eigenvalue weighted by Gasteiger charge is 2.44. The third-order valence-corrected chi connectivity index (χ3v) is 3.11. The Balaban J connectivity index is 2.68. The number of piperidine rings is 1. The second-order valence-electron chi connectivity index (χ2n) is 4.24. The minimum absolute atomic E-state index is 0.126. The molecule has 1 saturated heterocycles. The van der Waals surface area contributed by atoms with Gasteiger partial charge in [0.05, 0.1) is 5.92 Å². The number of carbonyl (C=O) groups excluding carboxylic acids is 1. The Labute approximate surface area is 98.3 Å². The number of halogens is 3. The van der Waals surface area contributed by atoms with Gasteiger partial charge in [0.2, 0.25) is 5.91 Å². The predicted molar refractivity (Wildman–Crippen MR) is 57.3 cm³/mol. The second kappa shape index (κ2) is 5.68. The molecular formula is C10H18F3N3O. The van der Waals surface area contributed by atoms with Crippen molar-refractivity contribution in [1.82, 2.24) is 10.2 Å². The van der Waals surface area contributed by atoms with Gasteiger partial charge in [0.15, 0.2) is 0 Å². The molecule has 2 unspecified atom stereocenters. The van der Waals surface area contributed by atoms with Gasteiger partial charge in [-0.3, -0.25) is 9.69 Å². The second-order valence-corrected chi connectivity index (χ2v) is 4.24. The Bertz CT molecular complexity index is 270. The van der Waals surface area contributed by atoms with Gasteiger partial charge < -0.3 is 11.1 Å². The molecule has 0 radical (unpaired) electrons. The summed E-state index contributed by atoms with van der Waals surface area (Å²) in [4.78, 5) is 12.7. The Morgan fingerprint density at radius 2 is 2.24 bits per heavy atom. The number of nitrogens with zero attached hydrogens (tertiary/aromatic N) is 1. The van der Waals surface area contributed by atoms with Crippen molar-refractivity contribution in [3.63, 3.8) is 0 Å². The fraction of sp³-hybridized carbons (Fsp3) is 0.900. The summed E-state index contributed by atoms with van der Waals surface area (Å²) in [6.45, 7) is -0.000114. The van der Waals surface area contributed by atoms with E-state index >= 15 is 0 Å². The molecule has 100 valence electrons. The number of nitrogens with two attached hydrogens (primary N) is 1. The van der Waals surface area contributed by atoms with E-state index in [1.807, 2.05) is 0 Å². The predicted octanol–water partition coefficient (Wildman–Crippen LogP) is 0.334. The van der Waals surface area contributed by atoms with E-state index in [4.69, 9.17) is 5.73 Å². The minimum Gasteiger partial charge on any atom is -0.359 e. The summed E-state index contributed by atoms with van der Waals surface area (Å²) in [5.41, 5.74) is 5.18. The smallest absolute Gasteiger partial charge is 0.359 e. The average Bonchev–Trinajstić information content (AvgIpc) is 2.27. The lowest BCUT2D eigenvalue weighted by Crippen LogP contribution is -2.55. The summed E-state index contributed by atoms with van der Waals surface area (Å²) in [6, 6.07) is -1.64. The van der Waals surface area contributed by atoms with Crippen molar-refractivity contribution in [1.29, 1.82) is 0 Å². The first kappa shape index (κ1) is 14.2. The van der Waals surface area contributed by atoms with Crippen molar-refractivity contribution in [3.05, 3.63) is 0 Å². The largest absolute Gasteiger partial charge is 0.405 e. The topological polar surface area (TPSA) is 58.4 Å². The molecule has 1 fully saturated rings. The van der Waals surface area contributed by atoms with Crippen molar-refractivity contribution < 1.29 is 18.0 Å². The van der Waals surface area contributed by atoms with Crippen LogP contribution < -0.4 is 11.1 Å². The van der Waals surface area contributed by atoms with Gasteiger partial charge in [0.25, 0.3) is 0 Å². The van der Waals surface area contributed by atoms with Crippen LogP contribution in [0, 0.1) is 5.92 Å². The molecule has 3 N–H and O–H groups in total. The molecule has 0 aliphatic carbocycles. The number of alkyl halides is 3. The molecule has 17 heavy (non-hydrogen) atoms. The number of hydrogen-bond acceptors (Lipinski definition) is 3. The molecule has 1 rings (SSSR count). The lowest BCUT2D eigenvalue weighted by molar-refractivity contribution is -0.185. The average molecular weight is 253 g/mol. The van der Waals surface area contributed by atoms with E-state index < -0.39 is 18.8 Å². The van der Waals surface area contributed by atoms with Crippen molar-refractivity contribution in [2.45, 2.75) is 25.1 Å². The van der Waals surface area contributed by atoms with Crippen LogP contribution in [-0.2, 0) is 4.79 Å². The molecule has 4 nitrogen and oxygen atoms in total. The quantitative estimate of drug-likeness (QED) is 0.762. The van der Waals surface area contributed by atoms with Crippen LogP contribution in [0.3, 0.4) is 0 Å². The normalized spacial score (nSPS) is 24.4. The molecule has 1 aliphatic rings. The van der Waals surface area contributed by atoms with E-state index in [2.05, 4.69) is 5.32 Å². The third kappa shape index (κ3) is 3.57. The molecule has 1 aliphatic heterocycles. The third-order valence-electron chi connectivity index (χ3n) is 3.11. The summed E-state index contributed by atoms with van der Waals surface area (Å²) in [5.74, 6) is -0.571. The number of nitrogens with one attached hydrogen (secondary N) is 1. The first-order valence-corrected chi connectivity index (χ1v) is 5.62. The van der Waals surface area contributed by atoms with Crippen molar-refractivity contribution in [2.75, 3.05) is 26.7 Å². The van der Waals surface area contributed by atoms with Gasteiger partial charge in [-0.05, 0) is 19.4 Å². The van der Waals surface area contributed by atoms with Crippen LogP contribution in [0.2, 0.25) is 0 Å². The number of amides is 1. The number of hydrogen-bond donors (Lipinski definition) is 2. The summed E-state index contributed by atoms with van der Waals surface area (Å²) >= 11 is 0. The van der Waals surface area contributed by atoms with Gasteiger partial charge in [0, 0.05) is 20.1 Å². The molecule has 0 spiro atoms. The monoisotopic (exact) mass is 253 g/mol. The highest BCUT2D eigenvalue weighted by atomic mass is 19.4.